The number of carbonyl (C=O) groups excluding carboxylic acids is 2. The Morgan fingerprint density at radius 1 is 1.03 bits per heavy atom. The molecule has 2 amide bonds. The zero-order valence-electron chi connectivity index (χ0n) is 20.1. The lowest BCUT2D eigenvalue weighted by atomic mass is 9.98. The van der Waals surface area contributed by atoms with E-state index in [2.05, 4.69) is 17.4 Å². The molecule has 2 aromatic carbocycles. The number of hydrogen-bond acceptors (Lipinski definition) is 4. The summed E-state index contributed by atoms with van der Waals surface area (Å²) in [5.74, 6) is -1.66. The van der Waals surface area contributed by atoms with Crippen molar-refractivity contribution < 1.29 is 24.2 Å². The molecular formula is C27H34N2O5. The molecule has 1 aliphatic carbocycles. The molecular weight excluding hydrogens is 432 g/mol. The number of carboxylic acid groups (broad SMARTS) is 1. The Hall–Kier alpha value is -3.35. The summed E-state index contributed by atoms with van der Waals surface area (Å²) in [6.07, 6.45) is 1.16. The van der Waals surface area contributed by atoms with Crippen LogP contribution < -0.4 is 5.32 Å². The van der Waals surface area contributed by atoms with Crippen LogP contribution in [-0.4, -0.2) is 53.2 Å². The van der Waals surface area contributed by atoms with E-state index in [1.807, 2.05) is 57.2 Å². The quantitative estimate of drug-likeness (QED) is 0.496. The van der Waals surface area contributed by atoms with Crippen LogP contribution in [0.25, 0.3) is 11.1 Å². The highest BCUT2D eigenvalue weighted by Crippen LogP contribution is 2.44. The standard InChI is InChI=1S/C27H34N2O5/c1-4-6-15-29(18(3)5-2)26(32)24(16-25(30)31)28-27(33)34-17-23-21-13-9-7-11-19(21)20-12-8-10-14-22(20)23/h7-14,18,23-24H,4-6,15-17H2,1-3H3,(H,28,33)(H,30,31). The highest BCUT2D eigenvalue weighted by molar-refractivity contribution is 5.89. The Bertz CT molecular complexity index is 976. The predicted molar refractivity (Wildman–Crippen MR) is 131 cm³/mol. The second-order valence-corrected chi connectivity index (χ2v) is 8.76. The Labute approximate surface area is 201 Å². The minimum absolute atomic E-state index is 0.0559. The van der Waals surface area contributed by atoms with E-state index >= 15 is 0 Å². The van der Waals surface area contributed by atoms with E-state index in [9.17, 15) is 19.5 Å². The average molecular weight is 467 g/mol. The van der Waals surface area contributed by atoms with Gasteiger partial charge in [0.05, 0.1) is 6.42 Å². The number of ether oxygens (including phenoxy) is 1. The molecule has 34 heavy (non-hydrogen) atoms. The molecule has 2 N–H and O–H groups in total. The van der Waals surface area contributed by atoms with Gasteiger partial charge in [-0.3, -0.25) is 9.59 Å². The lowest BCUT2D eigenvalue weighted by molar-refractivity contribution is -0.143. The zero-order chi connectivity index (χ0) is 24.7. The molecule has 1 aliphatic rings. The molecule has 0 heterocycles. The Morgan fingerprint density at radius 3 is 2.15 bits per heavy atom. The minimum atomic E-state index is -1.18. The molecule has 0 spiro atoms. The summed E-state index contributed by atoms with van der Waals surface area (Å²) >= 11 is 0. The van der Waals surface area contributed by atoms with E-state index in [0.717, 1.165) is 41.5 Å². The van der Waals surface area contributed by atoms with Crippen molar-refractivity contribution in [3.05, 3.63) is 59.7 Å². The minimum Gasteiger partial charge on any atom is -0.481 e. The number of carbonyl (C=O) groups is 3. The van der Waals surface area contributed by atoms with E-state index in [4.69, 9.17) is 4.74 Å². The molecule has 2 aromatic rings. The third-order valence-corrected chi connectivity index (χ3v) is 6.47. The van der Waals surface area contributed by atoms with Crippen LogP contribution in [0.5, 0.6) is 0 Å². The number of amides is 2. The number of unbranched alkanes of at least 4 members (excludes halogenated alkanes) is 1. The summed E-state index contributed by atoms with van der Waals surface area (Å²) in [7, 11) is 0. The van der Waals surface area contributed by atoms with Crippen LogP contribution >= 0.6 is 0 Å². The molecule has 0 fully saturated rings. The summed E-state index contributed by atoms with van der Waals surface area (Å²) in [6.45, 7) is 6.55. The van der Waals surface area contributed by atoms with Gasteiger partial charge in [0.2, 0.25) is 5.91 Å². The lowest BCUT2D eigenvalue weighted by Gasteiger charge is -2.32. The van der Waals surface area contributed by atoms with Gasteiger partial charge in [-0.1, -0.05) is 68.8 Å². The van der Waals surface area contributed by atoms with E-state index in [1.165, 1.54) is 0 Å². The van der Waals surface area contributed by atoms with E-state index in [1.54, 1.807) is 4.90 Å². The molecule has 182 valence electrons. The number of hydrogen-bond donors (Lipinski definition) is 2. The van der Waals surface area contributed by atoms with E-state index < -0.39 is 30.4 Å². The van der Waals surface area contributed by atoms with E-state index in [0.29, 0.717) is 6.54 Å². The van der Waals surface area contributed by atoms with Crippen molar-refractivity contribution in [3.63, 3.8) is 0 Å². The number of alkyl carbamates (subject to hydrolysis) is 1. The molecule has 7 nitrogen and oxygen atoms in total. The van der Waals surface area contributed by atoms with Gasteiger partial charge in [0.15, 0.2) is 0 Å². The fourth-order valence-electron chi connectivity index (χ4n) is 4.45. The second kappa shape index (κ2) is 11.7. The van der Waals surface area contributed by atoms with Crippen LogP contribution in [0.3, 0.4) is 0 Å². The fourth-order valence-corrected chi connectivity index (χ4v) is 4.45. The SMILES string of the molecule is CCCCN(C(=O)C(CC(=O)O)NC(=O)OCC1c2ccccc2-c2ccccc21)C(C)CC. The number of benzene rings is 2. The van der Waals surface area contributed by atoms with Crippen LogP contribution in [0, 0.1) is 0 Å². The van der Waals surface area contributed by atoms with Crippen LogP contribution in [0.2, 0.25) is 0 Å². The van der Waals surface area contributed by atoms with Gasteiger partial charge in [-0.05, 0) is 42.0 Å². The van der Waals surface area contributed by atoms with Gasteiger partial charge in [-0.15, -0.1) is 0 Å². The Balaban J connectivity index is 1.71. The summed E-state index contributed by atoms with van der Waals surface area (Å²) in [6, 6.07) is 14.8. The normalized spacial score (nSPS) is 14.0. The maximum atomic E-state index is 13.2. The molecule has 0 bridgehead atoms. The number of nitrogens with zero attached hydrogens (tertiary/aromatic N) is 1. The van der Waals surface area contributed by atoms with E-state index in [-0.39, 0.29) is 18.6 Å². The van der Waals surface area contributed by atoms with Crippen LogP contribution in [-0.2, 0) is 14.3 Å². The number of fused-ring (bicyclic) bond motifs is 3. The number of carboxylic acids is 1. The van der Waals surface area contributed by atoms with Gasteiger partial charge in [-0.2, -0.15) is 0 Å². The molecule has 2 unspecified atom stereocenters. The van der Waals surface area contributed by atoms with Crippen molar-refractivity contribution in [2.45, 2.75) is 64.5 Å². The van der Waals surface area contributed by atoms with Crippen molar-refractivity contribution in [2.24, 2.45) is 0 Å². The molecule has 7 heteroatoms. The maximum absolute atomic E-state index is 13.2. The van der Waals surface area contributed by atoms with Crippen LogP contribution in [0.15, 0.2) is 48.5 Å². The van der Waals surface area contributed by atoms with Crippen molar-refractivity contribution in [3.8, 4) is 11.1 Å². The lowest BCUT2D eigenvalue weighted by Crippen LogP contribution is -2.52. The third kappa shape index (κ3) is 5.76. The van der Waals surface area contributed by atoms with Gasteiger partial charge < -0.3 is 20.1 Å². The van der Waals surface area contributed by atoms with Crippen LogP contribution in [0.1, 0.15) is 63.5 Å². The topological polar surface area (TPSA) is 95.9 Å². The van der Waals surface area contributed by atoms with Gasteiger partial charge in [-0.25, -0.2) is 4.79 Å². The molecule has 0 saturated carbocycles. The summed E-state index contributed by atoms with van der Waals surface area (Å²) < 4.78 is 5.54. The van der Waals surface area contributed by atoms with Gasteiger partial charge in [0, 0.05) is 18.5 Å². The van der Waals surface area contributed by atoms with Gasteiger partial charge >= 0.3 is 12.1 Å². The highest BCUT2D eigenvalue weighted by Gasteiger charge is 2.32. The third-order valence-electron chi connectivity index (χ3n) is 6.47. The Kier molecular flexibility index (Phi) is 8.68. The predicted octanol–water partition coefficient (Wildman–Crippen LogP) is 4.80. The van der Waals surface area contributed by atoms with Crippen molar-refractivity contribution in [1.82, 2.24) is 10.2 Å². The zero-order valence-corrected chi connectivity index (χ0v) is 20.1. The maximum Gasteiger partial charge on any atom is 0.407 e. The smallest absolute Gasteiger partial charge is 0.407 e. The number of aliphatic carboxylic acids is 1. The van der Waals surface area contributed by atoms with Crippen molar-refractivity contribution in [1.29, 1.82) is 0 Å². The van der Waals surface area contributed by atoms with Crippen LogP contribution in [0.4, 0.5) is 4.79 Å². The van der Waals surface area contributed by atoms with Crippen molar-refractivity contribution in [2.75, 3.05) is 13.2 Å². The van der Waals surface area contributed by atoms with Gasteiger partial charge in [0.1, 0.15) is 12.6 Å². The molecule has 0 radical (unpaired) electrons. The first-order valence-corrected chi connectivity index (χ1v) is 12.0. The average Bonchev–Trinajstić information content (AvgIpc) is 3.15. The van der Waals surface area contributed by atoms with Crippen molar-refractivity contribution >= 4 is 18.0 Å². The number of rotatable bonds is 11. The summed E-state index contributed by atoms with van der Waals surface area (Å²) in [5.41, 5.74) is 4.40. The highest BCUT2D eigenvalue weighted by atomic mass is 16.5. The fraction of sp³-hybridized carbons (Fsp3) is 0.444. The molecule has 0 saturated heterocycles. The monoisotopic (exact) mass is 466 g/mol. The summed E-state index contributed by atoms with van der Waals surface area (Å²) in [5, 5.41) is 11.9. The largest absolute Gasteiger partial charge is 0.481 e. The first-order chi connectivity index (χ1) is 16.4. The molecule has 3 rings (SSSR count). The first-order valence-electron chi connectivity index (χ1n) is 12.0. The summed E-state index contributed by atoms with van der Waals surface area (Å²) in [4.78, 5) is 39.0. The molecule has 0 aliphatic heterocycles. The first kappa shape index (κ1) is 25.3. The second-order valence-electron chi connectivity index (χ2n) is 8.76. The number of nitrogens with one attached hydrogen (secondary N) is 1. The van der Waals surface area contributed by atoms with Gasteiger partial charge in [0.25, 0.3) is 0 Å². The molecule has 0 aromatic heterocycles. The molecule has 2 atom stereocenters. The Morgan fingerprint density at radius 2 is 1.62 bits per heavy atom.